The second-order valence-corrected chi connectivity index (χ2v) is 10.2. The number of β-amino-alcohol motifs (C(OH)–C–C–N with tert-alkyl or cyclic N) is 1. The molecule has 3 saturated heterocycles. The van der Waals surface area contributed by atoms with E-state index in [1.165, 1.54) is 38.5 Å². The van der Waals surface area contributed by atoms with Crippen molar-refractivity contribution in [3.8, 4) is 0 Å². The van der Waals surface area contributed by atoms with E-state index in [-0.39, 0.29) is 6.10 Å². The maximum atomic E-state index is 10.1. The molecule has 166 valence electrons. The van der Waals surface area contributed by atoms with Crippen molar-refractivity contribution in [3.63, 3.8) is 0 Å². The molecule has 3 heterocycles. The standard InChI is InChI=1S/C22H40N4O3/c27-18-4-6-26(12-18)17-9-15-8-16(10-17)22-20-11-19(2-3-21(20)24-25-22)29-7-1-5-23-14-28-13-15/h15-25,27H,1-14H2/t15?,16?,17?,18-,19?,20?,21?,22?/m0/s1. The first-order valence-electron chi connectivity index (χ1n) is 12.1. The Bertz CT molecular complexity index is 538. The van der Waals surface area contributed by atoms with Crippen molar-refractivity contribution in [2.24, 2.45) is 17.8 Å². The van der Waals surface area contributed by atoms with E-state index in [1.807, 2.05) is 0 Å². The molecule has 0 aromatic carbocycles. The summed E-state index contributed by atoms with van der Waals surface area (Å²) < 4.78 is 12.3. The second kappa shape index (κ2) is 9.47. The third-order valence-electron chi connectivity index (χ3n) is 8.19. The Morgan fingerprint density at radius 3 is 2.86 bits per heavy atom. The summed E-state index contributed by atoms with van der Waals surface area (Å²) in [5.41, 5.74) is 7.37. The molecule has 0 aromatic heterocycles. The summed E-state index contributed by atoms with van der Waals surface area (Å²) in [5.74, 6) is 1.95. The molecule has 2 aliphatic carbocycles. The molecule has 7 unspecified atom stereocenters. The van der Waals surface area contributed by atoms with Crippen molar-refractivity contribution in [1.82, 2.24) is 21.1 Å². The Balaban J connectivity index is 1.32. The van der Waals surface area contributed by atoms with Gasteiger partial charge in [0.15, 0.2) is 0 Å². The van der Waals surface area contributed by atoms with Crippen molar-refractivity contribution in [1.29, 1.82) is 0 Å². The molecule has 7 heteroatoms. The van der Waals surface area contributed by atoms with Gasteiger partial charge < -0.3 is 14.6 Å². The summed E-state index contributed by atoms with van der Waals surface area (Å²) in [7, 11) is 0. The van der Waals surface area contributed by atoms with Gasteiger partial charge in [0, 0.05) is 37.8 Å². The zero-order valence-corrected chi connectivity index (χ0v) is 17.7. The number of rotatable bonds is 1. The molecule has 0 aromatic rings. The van der Waals surface area contributed by atoms with Crippen LogP contribution in [0.4, 0.5) is 0 Å². The lowest BCUT2D eigenvalue weighted by Crippen LogP contribution is -2.48. The average molecular weight is 409 g/mol. The number of nitrogens with zero attached hydrogens (tertiary/aromatic N) is 1. The van der Waals surface area contributed by atoms with Gasteiger partial charge in [0.1, 0.15) is 0 Å². The third kappa shape index (κ3) is 4.81. The van der Waals surface area contributed by atoms with E-state index in [0.717, 1.165) is 45.7 Å². The summed E-state index contributed by atoms with van der Waals surface area (Å²) in [6.45, 7) is 5.21. The summed E-state index contributed by atoms with van der Waals surface area (Å²) in [6.07, 6.45) is 9.57. The number of hydrogen-bond donors (Lipinski definition) is 4. The van der Waals surface area contributed by atoms with Gasteiger partial charge in [0.2, 0.25) is 0 Å². The number of fused-ring (bicyclic) bond motifs is 4. The van der Waals surface area contributed by atoms with Gasteiger partial charge in [0.25, 0.3) is 0 Å². The van der Waals surface area contributed by atoms with Crippen LogP contribution in [0.5, 0.6) is 0 Å². The minimum Gasteiger partial charge on any atom is -0.392 e. The predicted octanol–water partition coefficient (Wildman–Crippen LogP) is 0.836. The minimum atomic E-state index is -0.136. The van der Waals surface area contributed by atoms with Gasteiger partial charge >= 0.3 is 0 Å². The predicted molar refractivity (Wildman–Crippen MR) is 111 cm³/mol. The molecular formula is C22H40N4O3. The molecule has 0 amide bonds. The number of likely N-dealkylation sites (tertiary alicyclic amines) is 1. The second-order valence-electron chi connectivity index (χ2n) is 10.2. The first-order valence-corrected chi connectivity index (χ1v) is 12.1. The van der Waals surface area contributed by atoms with Crippen LogP contribution >= 0.6 is 0 Å². The van der Waals surface area contributed by atoms with Crippen LogP contribution in [0.15, 0.2) is 0 Å². The van der Waals surface area contributed by atoms with E-state index in [9.17, 15) is 5.11 Å². The van der Waals surface area contributed by atoms with Crippen molar-refractivity contribution in [2.45, 2.75) is 81.7 Å². The topological polar surface area (TPSA) is 78.0 Å². The Hall–Kier alpha value is -0.280. The molecule has 5 rings (SSSR count). The summed E-state index contributed by atoms with van der Waals surface area (Å²) in [6, 6.07) is 1.72. The van der Waals surface area contributed by atoms with Gasteiger partial charge in [-0.2, -0.15) is 0 Å². The van der Waals surface area contributed by atoms with E-state index in [1.54, 1.807) is 0 Å². The van der Waals surface area contributed by atoms with Gasteiger partial charge in [-0.1, -0.05) is 0 Å². The van der Waals surface area contributed by atoms with Gasteiger partial charge in [-0.25, -0.2) is 0 Å². The van der Waals surface area contributed by atoms with Crippen molar-refractivity contribution in [2.75, 3.05) is 39.6 Å². The largest absolute Gasteiger partial charge is 0.392 e. The average Bonchev–Trinajstić information content (AvgIpc) is 3.35. The van der Waals surface area contributed by atoms with Gasteiger partial charge in [-0.05, 0) is 75.7 Å². The van der Waals surface area contributed by atoms with Crippen LogP contribution in [-0.2, 0) is 9.47 Å². The smallest absolute Gasteiger partial charge is 0.0965 e. The van der Waals surface area contributed by atoms with Crippen LogP contribution in [0, 0.1) is 17.8 Å². The van der Waals surface area contributed by atoms with Crippen molar-refractivity contribution >= 4 is 0 Å². The molecule has 0 spiro atoms. The molecule has 0 radical (unpaired) electrons. The van der Waals surface area contributed by atoms with Crippen LogP contribution in [0.3, 0.4) is 0 Å². The maximum Gasteiger partial charge on any atom is 0.0965 e. The first kappa shape index (κ1) is 20.6. The fourth-order valence-corrected chi connectivity index (χ4v) is 6.77. The summed E-state index contributed by atoms with van der Waals surface area (Å²) >= 11 is 0. The normalized spacial score (nSPS) is 47.5. The molecule has 4 N–H and O–H groups in total. The third-order valence-corrected chi connectivity index (χ3v) is 8.19. The summed E-state index contributed by atoms with van der Waals surface area (Å²) in [5, 5.41) is 13.5. The highest BCUT2D eigenvalue weighted by Crippen LogP contribution is 2.42. The molecule has 29 heavy (non-hydrogen) atoms. The molecule has 5 fully saturated rings. The quantitative estimate of drug-likeness (QED) is 0.512. The first-order chi connectivity index (χ1) is 14.3. The van der Waals surface area contributed by atoms with Gasteiger partial charge in [-0.15, -0.1) is 0 Å². The molecular weight excluding hydrogens is 368 g/mol. The van der Waals surface area contributed by atoms with Gasteiger partial charge in [0.05, 0.1) is 25.5 Å². The Kier molecular flexibility index (Phi) is 6.73. The highest BCUT2D eigenvalue weighted by molar-refractivity contribution is 5.01. The van der Waals surface area contributed by atoms with Crippen molar-refractivity contribution in [3.05, 3.63) is 0 Å². The maximum absolute atomic E-state index is 10.1. The number of aliphatic hydroxyl groups is 1. The number of nitrogens with one attached hydrogen (secondary N) is 3. The Labute approximate surface area is 175 Å². The van der Waals surface area contributed by atoms with Crippen LogP contribution < -0.4 is 16.2 Å². The molecule has 5 aliphatic rings. The van der Waals surface area contributed by atoms with E-state index in [4.69, 9.17) is 9.47 Å². The monoisotopic (exact) mass is 408 g/mol. The van der Waals surface area contributed by atoms with E-state index < -0.39 is 0 Å². The number of hydrazine groups is 1. The molecule has 8 atom stereocenters. The molecule has 4 bridgehead atoms. The molecule has 2 saturated carbocycles. The zero-order chi connectivity index (χ0) is 19.6. The number of aliphatic hydroxyl groups excluding tert-OH is 1. The van der Waals surface area contributed by atoms with E-state index in [0.29, 0.717) is 48.7 Å². The molecule has 7 nitrogen and oxygen atoms in total. The van der Waals surface area contributed by atoms with Crippen LogP contribution in [-0.4, -0.2) is 79.9 Å². The minimum absolute atomic E-state index is 0.136. The summed E-state index contributed by atoms with van der Waals surface area (Å²) in [4.78, 5) is 2.56. The SMILES string of the molecule is O[C@H]1CCN(C2CC3COCNCCCOC4CCC5NNC(C(C3)C2)C5C4)C1. The lowest BCUT2D eigenvalue weighted by molar-refractivity contribution is -0.000301. The number of hydrogen-bond acceptors (Lipinski definition) is 7. The zero-order valence-electron chi connectivity index (χ0n) is 17.7. The lowest BCUT2D eigenvalue weighted by atomic mass is 9.69. The van der Waals surface area contributed by atoms with E-state index >= 15 is 0 Å². The fourth-order valence-electron chi connectivity index (χ4n) is 6.77. The van der Waals surface area contributed by atoms with Gasteiger partial charge in [-0.3, -0.25) is 21.1 Å². The van der Waals surface area contributed by atoms with Crippen LogP contribution in [0.25, 0.3) is 0 Å². The Morgan fingerprint density at radius 2 is 1.97 bits per heavy atom. The Morgan fingerprint density at radius 1 is 1.00 bits per heavy atom. The van der Waals surface area contributed by atoms with Crippen LogP contribution in [0.2, 0.25) is 0 Å². The van der Waals surface area contributed by atoms with Crippen LogP contribution in [0.1, 0.15) is 51.4 Å². The molecule has 3 aliphatic heterocycles. The lowest BCUT2D eigenvalue weighted by Gasteiger charge is -2.43. The van der Waals surface area contributed by atoms with Crippen molar-refractivity contribution < 1.29 is 14.6 Å². The highest BCUT2D eigenvalue weighted by Gasteiger charge is 2.46. The fraction of sp³-hybridized carbons (Fsp3) is 1.00. The number of ether oxygens (including phenoxy) is 2. The van der Waals surface area contributed by atoms with E-state index in [2.05, 4.69) is 21.1 Å². The highest BCUT2D eigenvalue weighted by atomic mass is 16.5.